The molecule has 5 heteroatoms. The van der Waals surface area contributed by atoms with E-state index in [1.54, 1.807) is 12.1 Å². The number of nitrogens with two attached hydrogens (primary N) is 1. The van der Waals surface area contributed by atoms with Gasteiger partial charge in [0.15, 0.2) is 0 Å². The van der Waals surface area contributed by atoms with E-state index in [1.165, 1.54) is 6.20 Å². The minimum atomic E-state index is -0.449. The lowest BCUT2D eigenvalue weighted by atomic mass is 10.2. The van der Waals surface area contributed by atoms with Gasteiger partial charge >= 0.3 is 0 Å². The number of carbonyl (C=O) groups is 1. The Morgan fingerprint density at radius 3 is 2.44 bits per heavy atom. The molecule has 0 spiro atoms. The van der Waals surface area contributed by atoms with Crippen molar-refractivity contribution < 1.29 is 4.79 Å². The van der Waals surface area contributed by atoms with Gasteiger partial charge in [0.25, 0.3) is 0 Å². The lowest BCUT2D eigenvalue weighted by Gasteiger charge is -2.20. The average molecular weight is 222 g/mol. The fourth-order valence-corrected chi connectivity index (χ4v) is 1.22. The molecular weight excluding hydrogens is 204 g/mol. The summed E-state index contributed by atoms with van der Waals surface area (Å²) in [5.41, 5.74) is 5.57. The Balaban J connectivity index is 2.63. The zero-order chi connectivity index (χ0) is 12.1. The van der Waals surface area contributed by atoms with Crippen molar-refractivity contribution >= 4 is 11.7 Å². The van der Waals surface area contributed by atoms with Gasteiger partial charge in [-0.15, -0.1) is 0 Å². The first-order chi connectivity index (χ1) is 7.50. The number of amides is 1. The van der Waals surface area contributed by atoms with Gasteiger partial charge in [-0.25, -0.2) is 4.98 Å². The van der Waals surface area contributed by atoms with Crippen LogP contribution in [0, 0.1) is 0 Å². The molecule has 5 nitrogen and oxygen atoms in total. The Morgan fingerprint density at radius 1 is 1.31 bits per heavy atom. The van der Waals surface area contributed by atoms with E-state index in [-0.39, 0.29) is 0 Å². The lowest BCUT2D eigenvalue weighted by molar-refractivity contribution is 0.1000. The molecule has 0 aliphatic heterocycles. The fourth-order valence-electron chi connectivity index (χ4n) is 1.22. The smallest absolute Gasteiger partial charge is 0.250 e. The van der Waals surface area contributed by atoms with E-state index in [1.807, 2.05) is 26.0 Å². The Morgan fingerprint density at radius 2 is 2.00 bits per heavy atom. The highest BCUT2D eigenvalue weighted by molar-refractivity contribution is 5.92. The van der Waals surface area contributed by atoms with Crippen LogP contribution in [0.4, 0.5) is 5.82 Å². The third kappa shape index (κ3) is 3.51. The van der Waals surface area contributed by atoms with Crippen molar-refractivity contribution in [3.8, 4) is 0 Å². The first-order valence-electron chi connectivity index (χ1n) is 5.12. The van der Waals surface area contributed by atoms with E-state index >= 15 is 0 Å². The van der Waals surface area contributed by atoms with Crippen LogP contribution in [0.5, 0.6) is 0 Å². The Bertz CT molecular complexity index is 348. The number of primary amides is 1. The molecule has 1 rings (SSSR count). The molecule has 16 heavy (non-hydrogen) atoms. The molecule has 2 N–H and O–H groups in total. The van der Waals surface area contributed by atoms with Gasteiger partial charge in [0.05, 0.1) is 5.56 Å². The van der Waals surface area contributed by atoms with Crippen LogP contribution < -0.4 is 10.6 Å². The Hall–Kier alpha value is -1.62. The standard InChI is InChI=1S/C11H18N4O/c1-14(2)6-7-15(3)10-5-4-9(8-13-10)11(12)16/h4-5,8H,6-7H2,1-3H3,(H2,12,16). The third-order valence-corrected chi connectivity index (χ3v) is 2.31. The first kappa shape index (κ1) is 12.4. The molecule has 0 fully saturated rings. The second kappa shape index (κ2) is 5.46. The Labute approximate surface area is 95.9 Å². The predicted molar refractivity (Wildman–Crippen MR) is 64.6 cm³/mol. The summed E-state index contributed by atoms with van der Waals surface area (Å²) in [6.45, 7) is 1.84. The predicted octanol–water partition coefficient (Wildman–Crippen LogP) is 0.178. The molecule has 0 unspecified atom stereocenters. The number of anilines is 1. The van der Waals surface area contributed by atoms with Crippen LogP contribution in [0.25, 0.3) is 0 Å². The molecule has 0 saturated heterocycles. The second-order valence-corrected chi connectivity index (χ2v) is 3.99. The number of hydrogen-bond acceptors (Lipinski definition) is 4. The summed E-state index contributed by atoms with van der Waals surface area (Å²) in [5, 5.41) is 0. The molecule has 0 radical (unpaired) electrons. The number of rotatable bonds is 5. The van der Waals surface area contributed by atoms with Crippen molar-refractivity contribution in [3.05, 3.63) is 23.9 Å². The SMILES string of the molecule is CN(C)CCN(C)c1ccc(C(N)=O)cn1. The summed E-state index contributed by atoms with van der Waals surface area (Å²) in [5.74, 6) is 0.391. The van der Waals surface area contributed by atoms with Gasteiger partial charge in [0, 0.05) is 26.3 Å². The molecular formula is C11H18N4O. The van der Waals surface area contributed by atoms with Crippen LogP contribution in [-0.4, -0.2) is 50.0 Å². The van der Waals surface area contributed by atoms with E-state index in [4.69, 9.17) is 5.73 Å². The summed E-state index contributed by atoms with van der Waals surface area (Å²) >= 11 is 0. The summed E-state index contributed by atoms with van der Waals surface area (Å²) in [6, 6.07) is 3.49. The summed E-state index contributed by atoms with van der Waals surface area (Å²) < 4.78 is 0. The highest BCUT2D eigenvalue weighted by Crippen LogP contribution is 2.08. The largest absolute Gasteiger partial charge is 0.366 e. The molecule has 0 saturated carbocycles. The van der Waals surface area contributed by atoms with Crippen LogP contribution in [0.15, 0.2) is 18.3 Å². The monoisotopic (exact) mass is 222 g/mol. The first-order valence-corrected chi connectivity index (χ1v) is 5.12. The van der Waals surface area contributed by atoms with Gasteiger partial charge in [-0.3, -0.25) is 4.79 Å². The van der Waals surface area contributed by atoms with Gasteiger partial charge in [0.2, 0.25) is 5.91 Å². The maximum Gasteiger partial charge on any atom is 0.250 e. The number of carbonyl (C=O) groups excluding carboxylic acids is 1. The van der Waals surface area contributed by atoms with Gasteiger partial charge in [-0.1, -0.05) is 0 Å². The van der Waals surface area contributed by atoms with E-state index in [0.29, 0.717) is 5.56 Å². The van der Waals surface area contributed by atoms with Crippen molar-refractivity contribution in [2.75, 3.05) is 39.1 Å². The number of aromatic nitrogens is 1. The van der Waals surface area contributed by atoms with Gasteiger partial charge in [-0.2, -0.15) is 0 Å². The summed E-state index contributed by atoms with van der Waals surface area (Å²) in [7, 11) is 6.02. The lowest BCUT2D eigenvalue weighted by Crippen LogP contribution is -2.29. The number of nitrogens with zero attached hydrogens (tertiary/aromatic N) is 3. The normalized spacial score (nSPS) is 10.5. The van der Waals surface area contributed by atoms with Crippen molar-refractivity contribution in [2.45, 2.75) is 0 Å². The van der Waals surface area contributed by atoms with Gasteiger partial charge in [-0.05, 0) is 26.2 Å². The minimum absolute atomic E-state index is 0.435. The van der Waals surface area contributed by atoms with Crippen molar-refractivity contribution in [3.63, 3.8) is 0 Å². The topological polar surface area (TPSA) is 62.5 Å². The van der Waals surface area contributed by atoms with Crippen LogP contribution in [0.2, 0.25) is 0 Å². The van der Waals surface area contributed by atoms with Crippen molar-refractivity contribution in [2.24, 2.45) is 5.73 Å². The third-order valence-electron chi connectivity index (χ3n) is 2.31. The van der Waals surface area contributed by atoms with E-state index < -0.39 is 5.91 Å². The minimum Gasteiger partial charge on any atom is -0.366 e. The number of likely N-dealkylation sites (N-methyl/N-ethyl adjacent to an activating group) is 2. The highest BCUT2D eigenvalue weighted by atomic mass is 16.1. The maximum absolute atomic E-state index is 10.9. The zero-order valence-electron chi connectivity index (χ0n) is 9.97. The van der Waals surface area contributed by atoms with E-state index in [0.717, 1.165) is 18.9 Å². The van der Waals surface area contributed by atoms with Crippen LogP contribution in [0.3, 0.4) is 0 Å². The highest BCUT2D eigenvalue weighted by Gasteiger charge is 2.04. The second-order valence-electron chi connectivity index (χ2n) is 3.99. The van der Waals surface area contributed by atoms with Crippen molar-refractivity contribution in [1.82, 2.24) is 9.88 Å². The molecule has 0 aliphatic rings. The van der Waals surface area contributed by atoms with Crippen molar-refractivity contribution in [1.29, 1.82) is 0 Å². The maximum atomic E-state index is 10.9. The van der Waals surface area contributed by atoms with Crippen LogP contribution in [-0.2, 0) is 0 Å². The number of hydrogen-bond donors (Lipinski definition) is 1. The zero-order valence-corrected chi connectivity index (χ0v) is 9.97. The van der Waals surface area contributed by atoms with E-state index in [9.17, 15) is 4.79 Å². The van der Waals surface area contributed by atoms with E-state index in [2.05, 4.69) is 9.88 Å². The molecule has 1 amide bonds. The summed E-state index contributed by atoms with van der Waals surface area (Å²) in [6.07, 6.45) is 1.50. The molecule has 1 aromatic rings. The average Bonchev–Trinajstić information content (AvgIpc) is 2.26. The Kier molecular flexibility index (Phi) is 4.25. The molecule has 0 bridgehead atoms. The van der Waals surface area contributed by atoms with Crippen LogP contribution in [0.1, 0.15) is 10.4 Å². The number of pyridine rings is 1. The molecule has 88 valence electrons. The molecule has 1 heterocycles. The van der Waals surface area contributed by atoms with Crippen LogP contribution >= 0.6 is 0 Å². The molecule has 0 atom stereocenters. The molecule has 0 aromatic carbocycles. The summed E-state index contributed by atoms with van der Waals surface area (Å²) in [4.78, 5) is 19.2. The van der Waals surface area contributed by atoms with Gasteiger partial charge < -0.3 is 15.5 Å². The molecule has 0 aliphatic carbocycles. The molecule has 1 aromatic heterocycles. The quantitative estimate of drug-likeness (QED) is 0.772. The fraction of sp³-hybridized carbons (Fsp3) is 0.455. The van der Waals surface area contributed by atoms with Gasteiger partial charge in [0.1, 0.15) is 5.82 Å².